The molecule has 0 aliphatic heterocycles. The summed E-state index contributed by atoms with van der Waals surface area (Å²) in [6, 6.07) is 3.62. The predicted octanol–water partition coefficient (Wildman–Crippen LogP) is 3.02. The number of amides is 2. The SMILES string of the molecule is CC(C)(C)OC(=O)NC(CCc1ccc(C(F)(F)F)cc1)C(N)=O. The Morgan fingerprint density at radius 3 is 2.12 bits per heavy atom. The van der Waals surface area contributed by atoms with E-state index in [2.05, 4.69) is 5.32 Å². The van der Waals surface area contributed by atoms with E-state index in [0.717, 1.165) is 12.1 Å². The van der Waals surface area contributed by atoms with Crippen LogP contribution in [0.15, 0.2) is 24.3 Å². The number of alkyl halides is 3. The Bertz CT molecular complexity index is 578. The molecule has 1 rings (SSSR count). The second-order valence-corrected chi connectivity index (χ2v) is 6.33. The molecule has 24 heavy (non-hydrogen) atoms. The Hall–Kier alpha value is -2.25. The number of carbonyl (C=O) groups excluding carboxylic acids is 2. The van der Waals surface area contributed by atoms with Crippen molar-refractivity contribution in [3.05, 3.63) is 35.4 Å². The zero-order chi connectivity index (χ0) is 18.5. The number of halogens is 3. The third kappa shape index (κ3) is 6.89. The lowest BCUT2D eigenvalue weighted by molar-refractivity contribution is -0.137. The number of hydrogen-bond donors (Lipinski definition) is 2. The average Bonchev–Trinajstić information content (AvgIpc) is 2.40. The topological polar surface area (TPSA) is 81.4 Å². The van der Waals surface area contributed by atoms with Gasteiger partial charge in [-0.05, 0) is 51.3 Å². The van der Waals surface area contributed by atoms with Gasteiger partial charge in [0.15, 0.2) is 0 Å². The Morgan fingerprint density at radius 2 is 1.71 bits per heavy atom. The lowest BCUT2D eigenvalue weighted by Crippen LogP contribution is -2.46. The minimum Gasteiger partial charge on any atom is -0.444 e. The molecule has 0 aromatic heterocycles. The molecule has 0 spiro atoms. The first kappa shape index (κ1) is 19.8. The number of aryl methyl sites for hydroxylation is 1. The summed E-state index contributed by atoms with van der Waals surface area (Å²) in [5.41, 5.74) is 4.37. The molecular weight excluding hydrogens is 325 g/mol. The standard InChI is InChI=1S/C16H21F3N2O3/c1-15(2,3)24-14(23)21-12(13(20)22)9-6-10-4-7-11(8-5-10)16(17,18)19/h4-5,7-8,12H,6,9H2,1-3H3,(H2,20,22)(H,21,23). The van der Waals surface area contributed by atoms with E-state index in [4.69, 9.17) is 10.5 Å². The van der Waals surface area contributed by atoms with E-state index in [1.54, 1.807) is 20.8 Å². The van der Waals surface area contributed by atoms with E-state index in [9.17, 15) is 22.8 Å². The number of alkyl carbamates (subject to hydrolysis) is 1. The zero-order valence-electron chi connectivity index (χ0n) is 13.7. The highest BCUT2D eigenvalue weighted by atomic mass is 19.4. The lowest BCUT2D eigenvalue weighted by Gasteiger charge is -2.22. The number of nitrogens with two attached hydrogens (primary N) is 1. The minimum absolute atomic E-state index is 0.153. The van der Waals surface area contributed by atoms with Gasteiger partial charge in [-0.15, -0.1) is 0 Å². The van der Waals surface area contributed by atoms with Crippen molar-refractivity contribution in [3.8, 4) is 0 Å². The molecule has 0 radical (unpaired) electrons. The number of nitrogens with one attached hydrogen (secondary N) is 1. The first-order valence-electron chi connectivity index (χ1n) is 7.33. The smallest absolute Gasteiger partial charge is 0.416 e. The monoisotopic (exact) mass is 346 g/mol. The summed E-state index contributed by atoms with van der Waals surface area (Å²) in [4.78, 5) is 23.1. The summed E-state index contributed by atoms with van der Waals surface area (Å²) in [5, 5.41) is 2.36. The number of benzene rings is 1. The Balaban J connectivity index is 2.64. The zero-order valence-corrected chi connectivity index (χ0v) is 13.7. The molecule has 0 saturated heterocycles. The predicted molar refractivity (Wildman–Crippen MR) is 82.1 cm³/mol. The van der Waals surface area contributed by atoms with E-state index < -0.39 is 35.4 Å². The van der Waals surface area contributed by atoms with Crippen LogP contribution < -0.4 is 11.1 Å². The van der Waals surface area contributed by atoms with Crippen LogP contribution in [0.2, 0.25) is 0 Å². The molecule has 3 N–H and O–H groups in total. The van der Waals surface area contributed by atoms with Crippen LogP contribution in [0.4, 0.5) is 18.0 Å². The highest BCUT2D eigenvalue weighted by Gasteiger charge is 2.30. The van der Waals surface area contributed by atoms with Crippen molar-refractivity contribution in [2.45, 2.75) is 51.4 Å². The van der Waals surface area contributed by atoms with Crippen molar-refractivity contribution in [1.29, 1.82) is 0 Å². The van der Waals surface area contributed by atoms with Crippen molar-refractivity contribution in [2.24, 2.45) is 5.73 Å². The van der Waals surface area contributed by atoms with Crippen molar-refractivity contribution < 1.29 is 27.5 Å². The maximum atomic E-state index is 12.5. The number of rotatable bonds is 5. The molecule has 0 aliphatic rings. The molecule has 5 nitrogen and oxygen atoms in total. The van der Waals surface area contributed by atoms with Gasteiger partial charge in [0.05, 0.1) is 5.56 Å². The van der Waals surface area contributed by atoms with E-state index in [0.29, 0.717) is 5.56 Å². The van der Waals surface area contributed by atoms with Gasteiger partial charge in [-0.3, -0.25) is 4.79 Å². The molecule has 0 saturated carbocycles. The van der Waals surface area contributed by atoms with Gasteiger partial charge in [-0.2, -0.15) is 13.2 Å². The molecule has 2 amide bonds. The van der Waals surface area contributed by atoms with Crippen LogP contribution in [0, 0.1) is 0 Å². The molecule has 1 aromatic carbocycles. The summed E-state index contributed by atoms with van der Waals surface area (Å²) in [7, 11) is 0. The first-order chi connectivity index (χ1) is 10.9. The minimum atomic E-state index is -4.40. The van der Waals surface area contributed by atoms with Gasteiger partial charge in [-0.25, -0.2) is 4.79 Å². The molecule has 0 bridgehead atoms. The Morgan fingerprint density at radius 1 is 1.17 bits per heavy atom. The maximum Gasteiger partial charge on any atom is 0.416 e. The van der Waals surface area contributed by atoms with Gasteiger partial charge in [-0.1, -0.05) is 12.1 Å². The van der Waals surface area contributed by atoms with Gasteiger partial charge < -0.3 is 15.8 Å². The summed E-state index contributed by atoms with van der Waals surface area (Å²) in [5.74, 6) is -0.743. The fraction of sp³-hybridized carbons (Fsp3) is 0.500. The maximum absolute atomic E-state index is 12.5. The Kier molecular flexibility index (Phi) is 6.22. The summed E-state index contributed by atoms with van der Waals surface area (Å²) in [6.07, 6.45) is -4.74. The third-order valence-corrected chi connectivity index (χ3v) is 3.04. The van der Waals surface area contributed by atoms with Gasteiger partial charge in [0.1, 0.15) is 11.6 Å². The van der Waals surface area contributed by atoms with Crippen LogP contribution in [-0.2, 0) is 22.1 Å². The van der Waals surface area contributed by atoms with Gasteiger partial charge in [0.25, 0.3) is 0 Å². The molecule has 1 aromatic rings. The van der Waals surface area contributed by atoms with E-state index >= 15 is 0 Å². The fourth-order valence-electron chi connectivity index (χ4n) is 1.91. The lowest BCUT2D eigenvalue weighted by atomic mass is 10.0. The molecule has 8 heteroatoms. The normalized spacial score (nSPS) is 13.2. The third-order valence-electron chi connectivity index (χ3n) is 3.04. The quantitative estimate of drug-likeness (QED) is 0.860. The molecular formula is C16H21F3N2O3. The number of primary amides is 1. The molecule has 1 unspecified atom stereocenters. The van der Waals surface area contributed by atoms with Crippen molar-refractivity contribution in [1.82, 2.24) is 5.32 Å². The Labute approximate surface area is 138 Å². The van der Waals surface area contributed by atoms with Crippen molar-refractivity contribution in [2.75, 3.05) is 0 Å². The van der Waals surface area contributed by atoms with Crippen molar-refractivity contribution >= 4 is 12.0 Å². The van der Waals surface area contributed by atoms with Crippen molar-refractivity contribution in [3.63, 3.8) is 0 Å². The number of hydrogen-bond acceptors (Lipinski definition) is 3. The summed E-state index contributed by atoms with van der Waals surface area (Å²) < 4.78 is 42.5. The van der Waals surface area contributed by atoms with Gasteiger partial charge >= 0.3 is 12.3 Å². The molecule has 1 atom stereocenters. The second-order valence-electron chi connectivity index (χ2n) is 6.33. The largest absolute Gasteiger partial charge is 0.444 e. The highest BCUT2D eigenvalue weighted by Crippen LogP contribution is 2.29. The highest BCUT2D eigenvalue weighted by molar-refractivity contribution is 5.84. The summed E-state index contributed by atoms with van der Waals surface area (Å²) >= 11 is 0. The summed E-state index contributed by atoms with van der Waals surface area (Å²) in [6.45, 7) is 5.02. The van der Waals surface area contributed by atoms with E-state index in [1.165, 1.54) is 12.1 Å². The van der Waals surface area contributed by atoms with Crippen LogP contribution >= 0.6 is 0 Å². The molecule has 0 heterocycles. The first-order valence-corrected chi connectivity index (χ1v) is 7.33. The average molecular weight is 346 g/mol. The van der Waals surface area contributed by atoms with Crippen LogP contribution in [0.1, 0.15) is 38.3 Å². The fourth-order valence-corrected chi connectivity index (χ4v) is 1.91. The molecule has 0 fully saturated rings. The van der Waals surface area contributed by atoms with Crippen LogP contribution in [0.25, 0.3) is 0 Å². The van der Waals surface area contributed by atoms with Crippen LogP contribution in [0.3, 0.4) is 0 Å². The van der Waals surface area contributed by atoms with Crippen LogP contribution in [-0.4, -0.2) is 23.6 Å². The number of ether oxygens (including phenoxy) is 1. The van der Waals surface area contributed by atoms with Gasteiger partial charge in [0.2, 0.25) is 5.91 Å². The molecule has 134 valence electrons. The van der Waals surface area contributed by atoms with E-state index in [-0.39, 0.29) is 12.8 Å². The van der Waals surface area contributed by atoms with E-state index in [1.807, 2.05) is 0 Å². The molecule has 0 aliphatic carbocycles. The second kappa shape index (κ2) is 7.55. The van der Waals surface area contributed by atoms with Crippen LogP contribution in [0.5, 0.6) is 0 Å². The van der Waals surface area contributed by atoms with Gasteiger partial charge in [0, 0.05) is 0 Å². The number of carbonyl (C=O) groups is 2.